The highest BCUT2D eigenvalue weighted by molar-refractivity contribution is 5.59. The first-order valence-electron chi connectivity index (χ1n) is 7.98. The van der Waals surface area contributed by atoms with Gasteiger partial charge in [0.15, 0.2) is 0 Å². The van der Waals surface area contributed by atoms with Crippen LogP contribution in [0.15, 0.2) is 60.7 Å². The number of aryl methyl sites for hydroxylation is 1. The van der Waals surface area contributed by atoms with Crippen molar-refractivity contribution in [3.05, 3.63) is 77.6 Å². The van der Waals surface area contributed by atoms with Crippen LogP contribution in [-0.4, -0.2) is 9.97 Å². The summed E-state index contributed by atoms with van der Waals surface area (Å²) in [5.41, 5.74) is 0.943. The van der Waals surface area contributed by atoms with Crippen LogP contribution in [0.2, 0.25) is 0 Å². The second kappa shape index (κ2) is 7.43. The Morgan fingerprint density at radius 2 is 1.54 bits per heavy atom. The predicted octanol–water partition coefficient (Wildman–Crippen LogP) is 5.16. The van der Waals surface area contributed by atoms with Crippen molar-refractivity contribution >= 4 is 17.3 Å². The second-order valence-corrected chi connectivity index (χ2v) is 5.72. The SMILES string of the molecule is Cc1nc(NCc2ccccc2)cc(Nc2ccc(C(F)(F)F)cc2)n1. The summed E-state index contributed by atoms with van der Waals surface area (Å²) in [6, 6.07) is 16.4. The van der Waals surface area contributed by atoms with E-state index in [4.69, 9.17) is 0 Å². The fourth-order valence-electron chi connectivity index (χ4n) is 2.40. The van der Waals surface area contributed by atoms with Gasteiger partial charge in [0.25, 0.3) is 0 Å². The predicted molar refractivity (Wildman–Crippen MR) is 95.3 cm³/mol. The minimum Gasteiger partial charge on any atom is -0.366 e. The van der Waals surface area contributed by atoms with Gasteiger partial charge >= 0.3 is 6.18 Å². The number of hydrogen-bond acceptors (Lipinski definition) is 4. The van der Waals surface area contributed by atoms with E-state index in [9.17, 15) is 13.2 Å². The van der Waals surface area contributed by atoms with Crippen LogP contribution in [0.3, 0.4) is 0 Å². The summed E-state index contributed by atoms with van der Waals surface area (Å²) in [6.45, 7) is 2.36. The van der Waals surface area contributed by atoms with E-state index in [2.05, 4.69) is 20.6 Å². The molecule has 3 rings (SSSR count). The number of nitrogens with zero attached hydrogens (tertiary/aromatic N) is 2. The Hall–Kier alpha value is -3.09. The fraction of sp³-hybridized carbons (Fsp3) is 0.158. The molecule has 0 fully saturated rings. The van der Waals surface area contributed by atoms with Gasteiger partial charge in [0.2, 0.25) is 0 Å². The molecule has 26 heavy (non-hydrogen) atoms. The minimum absolute atomic E-state index is 0.507. The van der Waals surface area contributed by atoms with Crippen molar-refractivity contribution < 1.29 is 13.2 Å². The van der Waals surface area contributed by atoms with Crippen LogP contribution in [0.25, 0.3) is 0 Å². The van der Waals surface area contributed by atoms with Crippen LogP contribution < -0.4 is 10.6 Å². The Labute approximate surface area is 149 Å². The lowest BCUT2D eigenvalue weighted by molar-refractivity contribution is -0.137. The molecular weight excluding hydrogens is 341 g/mol. The van der Waals surface area contributed by atoms with Crippen molar-refractivity contribution in [2.24, 2.45) is 0 Å². The summed E-state index contributed by atoms with van der Waals surface area (Å²) < 4.78 is 37.9. The number of hydrogen-bond donors (Lipinski definition) is 2. The highest BCUT2D eigenvalue weighted by Crippen LogP contribution is 2.30. The van der Waals surface area contributed by atoms with Crippen LogP contribution in [-0.2, 0) is 12.7 Å². The summed E-state index contributed by atoms with van der Waals surface area (Å²) in [6.07, 6.45) is -4.35. The van der Waals surface area contributed by atoms with E-state index in [-0.39, 0.29) is 0 Å². The second-order valence-electron chi connectivity index (χ2n) is 5.72. The Morgan fingerprint density at radius 3 is 2.19 bits per heavy atom. The molecule has 4 nitrogen and oxygen atoms in total. The lowest BCUT2D eigenvalue weighted by Crippen LogP contribution is -2.06. The molecule has 0 amide bonds. The van der Waals surface area contributed by atoms with Crippen molar-refractivity contribution in [2.45, 2.75) is 19.6 Å². The molecule has 0 unspecified atom stereocenters. The fourth-order valence-corrected chi connectivity index (χ4v) is 2.40. The molecular formula is C19H17F3N4. The van der Waals surface area contributed by atoms with Crippen LogP contribution in [0.5, 0.6) is 0 Å². The number of halogens is 3. The first kappa shape index (κ1) is 17.7. The van der Waals surface area contributed by atoms with Crippen molar-refractivity contribution in [3.8, 4) is 0 Å². The molecule has 0 bridgehead atoms. The molecule has 7 heteroatoms. The van der Waals surface area contributed by atoms with E-state index in [0.717, 1.165) is 17.7 Å². The molecule has 0 atom stereocenters. The van der Waals surface area contributed by atoms with Gasteiger partial charge in [0.05, 0.1) is 5.56 Å². The molecule has 2 N–H and O–H groups in total. The first-order chi connectivity index (χ1) is 12.4. The molecule has 0 saturated carbocycles. The number of rotatable bonds is 5. The molecule has 0 aliphatic carbocycles. The number of nitrogens with one attached hydrogen (secondary N) is 2. The Kier molecular flexibility index (Phi) is 5.06. The monoisotopic (exact) mass is 358 g/mol. The van der Waals surface area contributed by atoms with Gasteiger partial charge in [-0.1, -0.05) is 30.3 Å². The standard InChI is InChI=1S/C19H17F3N4/c1-13-24-17(23-12-14-5-3-2-4-6-14)11-18(25-13)26-16-9-7-15(8-10-16)19(20,21)22/h2-11H,12H2,1H3,(H2,23,24,25,26). The summed E-state index contributed by atoms with van der Waals surface area (Å²) in [4.78, 5) is 8.60. The highest BCUT2D eigenvalue weighted by atomic mass is 19.4. The third-order valence-electron chi connectivity index (χ3n) is 3.64. The molecule has 2 aromatic carbocycles. The Bertz CT molecular complexity index is 862. The van der Waals surface area contributed by atoms with Gasteiger partial charge in [0.1, 0.15) is 17.5 Å². The van der Waals surface area contributed by atoms with Gasteiger partial charge in [0, 0.05) is 18.3 Å². The zero-order valence-electron chi connectivity index (χ0n) is 14.0. The van der Waals surface area contributed by atoms with E-state index >= 15 is 0 Å². The molecule has 0 saturated heterocycles. The summed E-state index contributed by atoms with van der Waals surface area (Å²) >= 11 is 0. The Balaban J connectivity index is 1.71. The van der Waals surface area contributed by atoms with Crippen molar-refractivity contribution in [3.63, 3.8) is 0 Å². The molecule has 0 aliphatic rings. The Morgan fingerprint density at radius 1 is 0.885 bits per heavy atom. The third-order valence-corrected chi connectivity index (χ3v) is 3.64. The molecule has 0 radical (unpaired) electrons. The molecule has 3 aromatic rings. The molecule has 1 aromatic heterocycles. The highest BCUT2D eigenvalue weighted by Gasteiger charge is 2.29. The van der Waals surface area contributed by atoms with Gasteiger partial charge in [-0.15, -0.1) is 0 Å². The van der Waals surface area contributed by atoms with E-state index < -0.39 is 11.7 Å². The van der Waals surface area contributed by atoms with Crippen LogP contribution in [0.1, 0.15) is 17.0 Å². The van der Waals surface area contributed by atoms with Crippen LogP contribution in [0, 0.1) is 6.92 Å². The molecule has 134 valence electrons. The zero-order valence-corrected chi connectivity index (χ0v) is 14.0. The average molecular weight is 358 g/mol. The van der Waals surface area contributed by atoms with Gasteiger partial charge in [-0.2, -0.15) is 13.2 Å². The smallest absolute Gasteiger partial charge is 0.366 e. The summed E-state index contributed by atoms with van der Waals surface area (Å²) in [5.74, 6) is 1.70. The summed E-state index contributed by atoms with van der Waals surface area (Å²) in [5, 5.41) is 6.22. The number of aromatic nitrogens is 2. The van der Waals surface area contributed by atoms with E-state index in [0.29, 0.717) is 29.7 Å². The molecule has 1 heterocycles. The van der Waals surface area contributed by atoms with Gasteiger partial charge in [-0.05, 0) is 36.8 Å². The van der Waals surface area contributed by atoms with Crippen LogP contribution in [0.4, 0.5) is 30.5 Å². The summed E-state index contributed by atoms with van der Waals surface area (Å²) in [7, 11) is 0. The van der Waals surface area contributed by atoms with Gasteiger partial charge in [-0.3, -0.25) is 0 Å². The number of anilines is 3. The van der Waals surface area contributed by atoms with Crippen molar-refractivity contribution in [2.75, 3.05) is 10.6 Å². The maximum absolute atomic E-state index is 12.6. The maximum Gasteiger partial charge on any atom is 0.416 e. The zero-order chi connectivity index (χ0) is 18.6. The average Bonchev–Trinajstić information content (AvgIpc) is 2.60. The van der Waals surface area contributed by atoms with Crippen molar-refractivity contribution in [1.82, 2.24) is 9.97 Å². The minimum atomic E-state index is -4.35. The van der Waals surface area contributed by atoms with Gasteiger partial charge < -0.3 is 10.6 Å². The third kappa shape index (κ3) is 4.72. The van der Waals surface area contributed by atoms with Gasteiger partial charge in [-0.25, -0.2) is 9.97 Å². The lowest BCUT2D eigenvalue weighted by Gasteiger charge is -2.11. The normalized spacial score (nSPS) is 11.2. The van der Waals surface area contributed by atoms with E-state index in [1.165, 1.54) is 12.1 Å². The quantitative estimate of drug-likeness (QED) is 0.661. The topological polar surface area (TPSA) is 49.8 Å². The van der Waals surface area contributed by atoms with Crippen molar-refractivity contribution in [1.29, 1.82) is 0 Å². The number of alkyl halides is 3. The molecule has 0 aliphatic heterocycles. The molecule has 0 spiro atoms. The maximum atomic E-state index is 12.6. The van der Waals surface area contributed by atoms with E-state index in [1.54, 1.807) is 13.0 Å². The largest absolute Gasteiger partial charge is 0.416 e. The first-order valence-corrected chi connectivity index (χ1v) is 7.98. The van der Waals surface area contributed by atoms with E-state index in [1.807, 2.05) is 30.3 Å². The number of benzene rings is 2. The van der Waals surface area contributed by atoms with Crippen LogP contribution >= 0.6 is 0 Å². The lowest BCUT2D eigenvalue weighted by atomic mass is 10.2.